The van der Waals surface area contributed by atoms with Crippen LogP contribution in [0.5, 0.6) is 0 Å². The third-order valence-corrected chi connectivity index (χ3v) is 6.62. The Kier molecular flexibility index (Phi) is 6.56. The van der Waals surface area contributed by atoms with Crippen molar-refractivity contribution in [3.05, 3.63) is 35.2 Å². The Bertz CT molecular complexity index is 698. The van der Waals surface area contributed by atoms with E-state index in [4.69, 9.17) is 4.74 Å². The number of hydrogen-bond donors (Lipinski definition) is 0. The molecule has 2 aromatic rings. The van der Waals surface area contributed by atoms with Gasteiger partial charge in [-0.25, -0.2) is 4.98 Å². The van der Waals surface area contributed by atoms with E-state index in [2.05, 4.69) is 22.5 Å². The quantitative estimate of drug-likeness (QED) is 0.688. The van der Waals surface area contributed by atoms with E-state index >= 15 is 0 Å². The molecule has 1 atom stereocenters. The van der Waals surface area contributed by atoms with Crippen LogP contribution in [0.15, 0.2) is 28.7 Å². The van der Waals surface area contributed by atoms with Crippen molar-refractivity contribution in [3.8, 4) is 0 Å². The fourth-order valence-corrected chi connectivity index (χ4v) is 5.26. The predicted octanol–water partition coefficient (Wildman–Crippen LogP) is 3.72. The van der Waals surface area contributed by atoms with Gasteiger partial charge >= 0.3 is 0 Å². The van der Waals surface area contributed by atoms with Crippen LogP contribution >= 0.6 is 23.1 Å². The molecule has 1 aliphatic heterocycles. The summed E-state index contributed by atoms with van der Waals surface area (Å²) in [6.07, 6.45) is 5.95. The van der Waals surface area contributed by atoms with E-state index in [1.807, 2.05) is 23.4 Å². The van der Waals surface area contributed by atoms with E-state index in [-0.39, 0.29) is 5.91 Å². The van der Waals surface area contributed by atoms with E-state index in [0.29, 0.717) is 12.5 Å². The maximum absolute atomic E-state index is 12.9. The third-order valence-electron chi connectivity index (χ3n) is 4.44. The molecule has 0 unspecified atom stereocenters. The van der Waals surface area contributed by atoms with Gasteiger partial charge in [-0.1, -0.05) is 6.92 Å². The van der Waals surface area contributed by atoms with Gasteiger partial charge in [-0.05, 0) is 30.7 Å². The van der Waals surface area contributed by atoms with Gasteiger partial charge in [0.15, 0.2) is 0 Å². The fourth-order valence-electron chi connectivity index (χ4n) is 3.24. The molecule has 7 heteroatoms. The molecule has 0 saturated carbocycles. The fraction of sp³-hybridized carbons (Fsp3) is 0.556. The number of carbonyl (C=O) groups is 1. The van der Waals surface area contributed by atoms with Crippen molar-refractivity contribution >= 4 is 29.0 Å². The Labute approximate surface area is 157 Å². The Hall–Kier alpha value is -1.31. The van der Waals surface area contributed by atoms with Gasteiger partial charge in [-0.3, -0.25) is 4.79 Å². The first-order valence-corrected chi connectivity index (χ1v) is 10.5. The smallest absolute Gasteiger partial charge is 0.263 e. The largest absolute Gasteiger partial charge is 0.383 e. The summed E-state index contributed by atoms with van der Waals surface area (Å²) in [4.78, 5) is 20.3. The molecule has 25 heavy (non-hydrogen) atoms. The van der Waals surface area contributed by atoms with Crippen molar-refractivity contribution in [3.63, 3.8) is 0 Å². The molecular weight excluding hydrogens is 354 g/mol. The number of piperidine rings is 1. The maximum atomic E-state index is 12.9. The standard InChI is InChI=1S/C18H25N3O2S2/c1-3-24-16-7-6-15(25-16)18(22)21-9-4-5-14(13-21)17-19-8-10-20(17)11-12-23-2/h6-8,10,14H,3-5,9,11-13H2,1-2H3/t14-/m1/s1. The van der Waals surface area contributed by atoms with Crippen LogP contribution in [0.1, 0.15) is 41.2 Å². The highest BCUT2D eigenvalue weighted by atomic mass is 32.2. The summed E-state index contributed by atoms with van der Waals surface area (Å²) in [5.41, 5.74) is 0. The van der Waals surface area contributed by atoms with Gasteiger partial charge in [-0.15, -0.1) is 23.1 Å². The second-order valence-corrected chi connectivity index (χ2v) is 8.76. The maximum Gasteiger partial charge on any atom is 0.263 e. The monoisotopic (exact) mass is 379 g/mol. The topological polar surface area (TPSA) is 47.4 Å². The summed E-state index contributed by atoms with van der Waals surface area (Å²) < 4.78 is 8.56. The lowest BCUT2D eigenvalue weighted by Crippen LogP contribution is -2.39. The molecule has 0 aromatic carbocycles. The predicted molar refractivity (Wildman–Crippen MR) is 103 cm³/mol. The highest BCUT2D eigenvalue weighted by Crippen LogP contribution is 2.31. The molecule has 1 fully saturated rings. The molecule has 0 aliphatic carbocycles. The van der Waals surface area contributed by atoms with Crippen molar-refractivity contribution in [1.82, 2.24) is 14.5 Å². The number of thiophene rings is 1. The van der Waals surface area contributed by atoms with Crippen molar-refractivity contribution in [2.24, 2.45) is 0 Å². The van der Waals surface area contributed by atoms with Crippen molar-refractivity contribution in [2.75, 3.05) is 32.6 Å². The number of carbonyl (C=O) groups excluding carboxylic acids is 1. The van der Waals surface area contributed by atoms with Crippen LogP contribution in [-0.2, 0) is 11.3 Å². The number of methoxy groups -OCH3 is 1. The third kappa shape index (κ3) is 4.46. The zero-order valence-corrected chi connectivity index (χ0v) is 16.4. The average molecular weight is 380 g/mol. The second kappa shape index (κ2) is 8.87. The molecular formula is C18H25N3O2S2. The first-order chi connectivity index (χ1) is 12.2. The van der Waals surface area contributed by atoms with Gasteiger partial charge < -0.3 is 14.2 Å². The minimum absolute atomic E-state index is 0.160. The van der Waals surface area contributed by atoms with Crippen molar-refractivity contribution < 1.29 is 9.53 Å². The summed E-state index contributed by atoms with van der Waals surface area (Å²) in [7, 11) is 1.71. The molecule has 5 nitrogen and oxygen atoms in total. The number of imidazole rings is 1. The Morgan fingerprint density at radius 3 is 3.16 bits per heavy atom. The van der Waals surface area contributed by atoms with E-state index in [9.17, 15) is 4.79 Å². The Balaban J connectivity index is 1.68. The minimum atomic E-state index is 0.160. The van der Waals surface area contributed by atoms with Crippen LogP contribution in [-0.4, -0.2) is 52.9 Å². The van der Waals surface area contributed by atoms with Crippen LogP contribution < -0.4 is 0 Å². The van der Waals surface area contributed by atoms with Gasteiger partial charge in [0.25, 0.3) is 5.91 Å². The Morgan fingerprint density at radius 2 is 2.36 bits per heavy atom. The van der Waals surface area contributed by atoms with Gasteiger partial charge in [0.05, 0.1) is 15.7 Å². The highest BCUT2D eigenvalue weighted by molar-refractivity contribution is 8.01. The number of rotatable bonds is 7. The molecule has 0 radical (unpaired) electrons. The molecule has 1 saturated heterocycles. The van der Waals surface area contributed by atoms with Gasteiger partial charge in [-0.2, -0.15) is 0 Å². The van der Waals surface area contributed by atoms with Crippen LogP contribution in [0.4, 0.5) is 0 Å². The summed E-state index contributed by atoms with van der Waals surface area (Å²) in [5.74, 6) is 2.56. The lowest BCUT2D eigenvalue weighted by atomic mass is 9.97. The van der Waals surface area contributed by atoms with E-state index in [1.54, 1.807) is 30.2 Å². The van der Waals surface area contributed by atoms with Crippen molar-refractivity contribution in [2.45, 2.75) is 36.4 Å². The summed E-state index contributed by atoms with van der Waals surface area (Å²) in [6.45, 7) is 5.19. The first kappa shape index (κ1) is 18.5. The summed E-state index contributed by atoms with van der Waals surface area (Å²) >= 11 is 3.40. The average Bonchev–Trinajstić information content (AvgIpc) is 3.29. The molecule has 1 amide bonds. The number of thioether (sulfide) groups is 1. The number of ether oxygens (including phenoxy) is 1. The van der Waals surface area contributed by atoms with Crippen LogP contribution in [0.2, 0.25) is 0 Å². The molecule has 2 aromatic heterocycles. The molecule has 0 N–H and O–H groups in total. The molecule has 136 valence electrons. The van der Waals surface area contributed by atoms with E-state index in [0.717, 1.165) is 48.9 Å². The summed E-state index contributed by atoms with van der Waals surface area (Å²) in [6, 6.07) is 4.03. The molecule has 3 rings (SSSR count). The number of amides is 1. The number of likely N-dealkylation sites (tertiary alicyclic amines) is 1. The van der Waals surface area contributed by atoms with Crippen LogP contribution in [0.3, 0.4) is 0 Å². The van der Waals surface area contributed by atoms with E-state index in [1.165, 1.54) is 4.21 Å². The zero-order chi connectivity index (χ0) is 17.6. The molecule has 3 heterocycles. The highest BCUT2D eigenvalue weighted by Gasteiger charge is 2.28. The second-order valence-electron chi connectivity index (χ2n) is 6.11. The number of aromatic nitrogens is 2. The van der Waals surface area contributed by atoms with Gasteiger partial charge in [0.2, 0.25) is 0 Å². The van der Waals surface area contributed by atoms with E-state index < -0.39 is 0 Å². The SMILES string of the molecule is CCSc1ccc(C(=O)N2CCC[C@@H](c3nccn3CCOC)C2)s1. The normalized spacial score (nSPS) is 17.8. The lowest BCUT2D eigenvalue weighted by molar-refractivity contribution is 0.0707. The first-order valence-electron chi connectivity index (χ1n) is 8.74. The number of nitrogens with zero attached hydrogens (tertiary/aromatic N) is 3. The Morgan fingerprint density at radius 1 is 1.48 bits per heavy atom. The lowest BCUT2D eigenvalue weighted by Gasteiger charge is -2.32. The van der Waals surface area contributed by atoms with Gasteiger partial charge in [0, 0.05) is 45.1 Å². The van der Waals surface area contributed by atoms with Crippen LogP contribution in [0.25, 0.3) is 0 Å². The van der Waals surface area contributed by atoms with Gasteiger partial charge in [0.1, 0.15) is 5.82 Å². The minimum Gasteiger partial charge on any atom is -0.383 e. The van der Waals surface area contributed by atoms with Crippen molar-refractivity contribution in [1.29, 1.82) is 0 Å². The number of hydrogen-bond acceptors (Lipinski definition) is 5. The molecule has 0 bridgehead atoms. The molecule has 1 aliphatic rings. The zero-order valence-electron chi connectivity index (χ0n) is 14.8. The molecule has 0 spiro atoms. The van der Waals surface area contributed by atoms with Crippen LogP contribution in [0, 0.1) is 0 Å². The summed E-state index contributed by atoms with van der Waals surface area (Å²) in [5, 5.41) is 0.